The van der Waals surface area contributed by atoms with Crippen molar-refractivity contribution in [3.8, 4) is 0 Å². The molecule has 4 fully saturated rings. The molecule has 1 aliphatic heterocycles. The van der Waals surface area contributed by atoms with E-state index >= 15 is 0 Å². The van der Waals surface area contributed by atoms with Gasteiger partial charge in [-0.15, -0.1) is 0 Å². The van der Waals surface area contributed by atoms with Crippen molar-refractivity contribution in [1.82, 2.24) is 9.80 Å². The number of ketones is 1. The summed E-state index contributed by atoms with van der Waals surface area (Å²) in [5.74, 6) is 0.947. The number of nitrogens with zero attached hydrogens (tertiary/aromatic N) is 2. The standard InChI is InChI=1S/C36H44N2O6/c1-32-10-7-24(39)21-34(32)13-14-36(25(22-34)30(40)26-5-3-19-43-26)28(32)8-11-33(2)29(36)9-12-35(33,42)23-37-15-17-38(18-16-37)31(41)27-6-4-20-44-27/h3-6,13-14,19-20,22,24,28-29,39,42H,7-12,15-18,21,23H2,1-2H3/t24?,28-,29-,32-,33+,34+,35-,36-/m1/s1. The van der Waals surface area contributed by atoms with Gasteiger partial charge in [0.1, 0.15) is 0 Å². The minimum absolute atomic E-state index is 0.0529. The highest BCUT2D eigenvalue weighted by molar-refractivity contribution is 6.08. The first-order valence-corrected chi connectivity index (χ1v) is 16.5. The number of furan rings is 2. The van der Waals surface area contributed by atoms with E-state index in [0.29, 0.717) is 57.1 Å². The molecule has 3 saturated carbocycles. The Balaban J connectivity index is 1.11. The van der Waals surface area contributed by atoms with Crippen LogP contribution in [0.5, 0.6) is 0 Å². The molecule has 3 heterocycles. The van der Waals surface area contributed by atoms with Crippen LogP contribution in [0.25, 0.3) is 0 Å². The molecule has 1 unspecified atom stereocenters. The molecule has 9 rings (SSSR count). The molecule has 1 saturated heterocycles. The van der Waals surface area contributed by atoms with E-state index in [9.17, 15) is 19.8 Å². The van der Waals surface area contributed by atoms with Gasteiger partial charge >= 0.3 is 0 Å². The number of carbonyl (C=O) groups excluding carboxylic acids is 2. The number of carbonyl (C=O) groups is 2. The largest absolute Gasteiger partial charge is 0.461 e. The Hall–Kier alpha value is -2.94. The molecule has 8 nitrogen and oxygen atoms in total. The lowest BCUT2D eigenvalue weighted by Crippen LogP contribution is -2.67. The van der Waals surface area contributed by atoms with Crippen molar-refractivity contribution in [2.45, 2.75) is 70.5 Å². The number of amides is 1. The average molecular weight is 601 g/mol. The number of allylic oxidation sites excluding steroid dienone is 4. The topological polar surface area (TPSA) is 107 Å². The maximum Gasteiger partial charge on any atom is 0.289 e. The van der Waals surface area contributed by atoms with E-state index in [2.05, 4.69) is 37.0 Å². The van der Waals surface area contributed by atoms with E-state index in [-0.39, 0.29) is 45.9 Å². The number of aliphatic hydroxyl groups is 2. The van der Waals surface area contributed by atoms with Gasteiger partial charge in [0.05, 0.1) is 24.2 Å². The maximum absolute atomic E-state index is 14.3. The second-order valence-electron chi connectivity index (χ2n) is 15.2. The summed E-state index contributed by atoms with van der Waals surface area (Å²) in [6, 6.07) is 6.97. The van der Waals surface area contributed by atoms with Crippen LogP contribution in [0.15, 0.2) is 69.4 Å². The van der Waals surface area contributed by atoms with Crippen LogP contribution in [0.4, 0.5) is 0 Å². The lowest BCUT2D eigenvalue weighted by Gasteiger charge is -2.71. The van der Waals surface area contributed by atoms with E-state index in [1.54, 1.807) is 30.5 Å². The summed E-state index contributed by atoms with van der Waals surface area (Å²) in [5.41, 5.74) is -1.39. The monoisotopic (exact) mass is 600 g/mol. The fourth-order valence-electron chi connectivity index (χ4n) is 11.2. The lowest BCUT2D eigenvalue weighted by atomic mass is 9.32. The molecule has 7 aliphatic rings. The molecule has 8 atom stereocenters. The molecule has 0 aromatic carbocycles. The zero-order valence-corrected chi connectivity index (χ0v) is 25.8. The minimum atomic E-state index is -0.910. The number of hydrogen-bond donors (Lipinski definition) is 2. The third-order valence-electron chi connectivity index (χ3n) is 13.6. The fourth-order valence-corrected chi connectivity index (χ4v) is 11.2. The van der Waals surface area contributed by atoms with Crippen LogP contribution in [0.3, 0.4) is 0 Å². The van der Waals surface area contributed by atoms with Gasteiger partial charge in [-0.1, -0.05) is 32.1 Å². The Bertz CT molecular complexity index is 1520. The SMILES string of the molecule is C[C@]12CC[C@H]3[C@]4(C=C[C@@]5(C=C4C(=O)c4ccco4)CC(O)CC[C@]35C)[C@@H]1CC[C@@]2(O)CN1CCN(C(=O)c2ccco2)CC1. The number of piperazine rings is 1. The van der Waals surface area contributed by atoms with Crippen molar-refractivity contribution in [3.63, 3.8) is 0 Å². The van der Waals surface area contributed by atoms with Crippen molar-refractivity contribution in [2.75, 3.05) is 32.7 Å². The number of β-amino-alcohol motifs (C(OH)–C–C–N with tert-alkyl or cyclic N) is 1. The molecule has 2 spiro atoms. The maximum atomic E-state index is 14.3. The summed E-state index contributed by atoms with van der Waals surface area (Å²) < 4.78 is 11.0. The summed E-state index contributed by atoms with van der Waals surface area (Å²) in [4.78, 5) is 31.3. The predicted octanol–water partition coefficient (Wildman–Crippen LogP) is 5.10. The van der Waals surface area contributed by atoms with Crippen LogP contribution in [0.1, 0.15) is 79.9 Å². The Morgan fingerprint density at radius 1 is 0.886 bits per heavy atom. The van der Waals surface area contributed by atoms with Gasteiger partial charge in [-0.2, -0.15) is 0 Å². The molecule has 6 aliphatic carbocycles. The molecular formula is C36H44N2O6. The second-order valence-corrected chi connectivity index (χ2v) is 15.2. The zero-order chi connectivity index (χ0) is 30.5. The lowest BCUT2D eigenvalue weighted by molar-refractivity contribution is -0.177. The van der Waals surface area contributed by atoms with Crippen LogP contribution in [-0.2, 0) is 0 Å². The second kappa shape index (κ2) is 9.54. The molecule has 0 radical (unpaired) electrons. The van der Waals surface area contributed by atoms with E-state index < -0.39 is 11.0 Å². The Labute approximate surface area is 258 Å². The predicted molar refractivity (Wildman–Crippen MR) is 163 cm³/mol. The Morgan fingerprint density at radius 2 is 1.55 bits per heavy atom. The van der Waals surface area contributed by atoms with Gasteiger partial charge < -0.3 is 23.9 Å². The van der Waals surface area contributed by atoms with Gasteiger partial charge in [-0.05, 0) is 86.5 Å². The van der Waals surface area contributed by atoms with Crippen molar-refractivity contribution >= 4 is 11.7 Å². The third kappa shape index (κ3) is 3.62. The van der Waals surface area contributed by atoms with Gasteiger partial charge in [-0.25, -0.2) is 0 Å². The zero-order valence-electron chi connectivity index (χ0n) is 25.8. The summed E-state index contributed by atoms with van der Waals surface area (Å²) in [7, 11) is 0. The first-order chi connectivity index (χ1) is 21.1. The number of rotatable bonds is 5. The highest BCUT2D eigenvalue weighted by Gasteiger charge is 2.74. The summed E-state index contributed by atoms with van der Waals surface area (Å²) in [6.07, 6.45) is 15.4. The van der Waals surface area contributed by atoms with Crippen molar-refractivity contribution in [1.29, 1.82) is 0 Å². The average Bonchev–Trinajstić information content (AvgIpc) is 3.79. The molecule has 44 heavy (non-hydrogen) atoms. The molecular weight excluding hydrogens is 556 g/mol. The smallest absolute Gasteiger partial charge is 0.289 e. The molecule has 8 heteroatoms. The summed E-state index contributed by atoms with van der Waals surface area (Å²) >= 11 is 0. The molecule has 234 valence electrons. The van der Waals surface area contributed by atoms with Gasteiger partial charge in [0.15, 0.2) is 11.5 Å². The van der Waals surface area contributed by atoms with Crippen molar-refractivity contribution in [3.05, 3.63) is 72.1 Å². The van der Waals surface area contributed by atoms with Crippen LogP contribution in [0, 0.1) is 33.5 Å². The number of hydrogen-bond acceptors (Lipinski definition) is 7. The highest BCUT2D eigenvalue weighted by atomic mass is 16.3. The van der Waals surface area contributed by atoms with E-state index in [1.807, 2.05) is 4.90 Å². The molecule has 1 amide bonds. The first kappa shape index (κ1) is 28.5. The first-order valence-electron chi connectivity index (χ1n) is 16.5. The number of fused-ring (bicyclic) bond motifs is 1. The fraction of sp³-hybridized carbons (Fsp3) is 0.611. The van der Waals surface area contributed by atoms with Gasteiger partial charge in [0, 0.05) is 54.5 Å². The van der Waals surface area contributed by atoms with Crippen molar-refractivity contribution < 1.29 is 28.6 Å². The van der Waals surface area contributed by atoms with Crippen molar-refractivity contribution in [2.24, 2.45) is 33.5 Å². The number of Topliss-reactive ketones (excluding diaryl/α,β-unsaturated/α-hetero) is 1. The van der Waals surface area contributed by atoms with Gasteiger partial charge in [0.25, 0.3) is 5.91 Å². The van der Waals surface area contributed by atoms with Crippen LogP contribution in [-0.4, -0.2) is 76.1 Å². The third-order valence-corrected chi connectivity index (χ3v) is 13.6. The normalized spacial score (nSPS) is 42.9. The van der Waals surface area contributed by atoms with E-state index in [0.717, 1.165) is 37.7 Å². The van der Waals surface area contributed by atoms with E-state index in [1.165, 1.54) is 6.26 Å². The number of aliphatic hydroxyl groups excluding tert-OH is 1. The van der Waals surface area contributed by atoms with Crippen LogP contribution in [0.2, 0.25) is 0 Å². The van der Waals surface area contributed by atoms with E-state index in [4.69, 9.17) is 8.83 Å². The molecule has 2 aromatic rings. The summed E-state index contributed by atoms with van der Waals surface area (Å²) in [5, 5.41) is 23.5. The van der Waals surface area contributed by atoms with Gasteiger partial charge in [-0.3, -0.25) is 14.5 Å². The molecule has 2 N–H and O–H groups in total. The summed E-state index contributed by atoms with van der Waals surface area (Å²) in [6.45, 7) is 7.84. The van der Waals surface area contributed by atoms with Gasteiger partial charge in [0.2, 0.25) is 5.78 Å². The van der Waals surface area contributed by atoms with Crippen LogP contribution >= 0.6 is 0 Å². The quantitative estimate of drug-likeness (QED) is 0.363. The minimum Gasteiger partial charge on any atom is -0.461 e. The highest BCUT2D eigenvalue weighted by Crippen LogP contribution is 2.78. The molecule has 2 bridgehead atoms. The molecule has 2 aromatic heterocycles. The van der Waals surface area contributed by atoms with Crippen LogP contribution < -0.4 is 0 Å². The Kier molecular flexibility index (Phi) is 6.18. The Morgan fingerprint density at radius 3 is 2.25 bits per heavy atom.